The number of hydrogen-bond acceptors (Lipinski definition) is 4. The van der Waals surface area contributed by atoms with Crippen molar-refractivity contribution in [2.45, 2.75) is 18.9 Å². The van der Waals surface area contributed by atoms with Gasteiger partial charge in [0, 0.05) is 53.4 Å². The average molecular weight is 413 g/mol. The number of amides is 1. The van der Waals surface area contributed by atoms with E-state index in [4.69, 9.17) is 11.5 Å². The molecular weight excluding hydrogens is 390 g/mol. The molecule has 1 aliphatic heterocycles. The van der Waals surface area contributed by atoms with Crippen molar-refractivity contribution in [3.63, 3.8) is 0 Å². The lowest BCUT2D eigenvalue weighted by Gasteiger charge is -2.33. The molecule has 3 heterocycles. The number of nitrogens with two attached hydrogens (primary N) is 2. The van der Waals surface area contributed by atoms with E-state index in [-0.39, 0.29) is 5.96 Å². The van der Waals surface area contributed by atoms with Gasteiger partial charge in [0.2, 0.25) is 5.95 Å². The molecular formula is C23H23N7O. The van der Waals surface area contributed by atoms with Gasteiger partial charge in [-0.25, -0.2) is 9.97 Å². The molecule has 5 rings (SSSR count). The number of carbonyl (C=O) groups is 1. The van der Waals surface area contributed by atoms with Crippen molar-refractivity contribution >= 4 is 39.6 Å². The third-order valence-electron chi connectivity index (χ3n) is 5.85. The first-order chi connectivity index (χ1) is 15.1. The van der Waals surface area contributed by atoms with E-state index >= 15 is 0 Å². The van der Waals surface area contributed by atoms with Crippen LogP contribution in [0.3, 0.4) is 0 Å². The quantitative estimate of drug-likeness (QED) is 0.394. The summed E-state index contributed by atoms with van der Waals surface area (Å²) in [5.41, 5.74) is 13.5. The van der Waals surface area contributed by atoms with E-state index in [2.05, 4.69) is 42.6 Å². The van der Waals surface area contributed by atoms with Crippen LogP contribution in [0.5, 0.6) is 0 Å². The van der Waals surface area contributed by atoms with Crippen LogP contribution in [0.1, 0.15) is 29.2 Å². The van der Waals surface area contributed by atoms with Gasteiger partial charge in [0.25, 0.3) is 5.91 Å². The van der Waals surface area contributed by atoms with Crippen LogP contribution in [0.15, 0.2) is 65.9 Å². The van der Waals surface area contributed by atoms with Gasteiger partial charge in [-0.3, -0.25) is 4.79 Å². The Morgan fingerprint density at radius 1 is 0.935 bits per heavy atom. The van der Waals surface area contributed by atoms with Crippen LogP contribution in [0, 0.1) is 0 Å². The maximum absolute atomic E-state index is 12.4. The number of fused-ring (bicyclic) bond motifs is 3. The third kappa shape index (κ3) is 3.46. The third-order valence-corrected chi connectivity index (χ3v) is 5.85. The Bertz CT molecular complexity index is 1280. The van der Waals surface area contributed by atoms with E-state index in [9.17, 15) is 4.79 Å². The maximum Gasteiger partial charge on any atom is 0.280 e. The molecule has 31 heavy (non-hydrogen) atoms. The number of anilines is 1. The fourth-order valence-electron chi connectivity index (χ4n) is 4.49. The van der Waals surface area contributed by atoms with Crippen LogP contribution in [-0.2, 0) is 0 Å². The lowest BCUT2D eigenvalue weighted by Crippen LogP contribution is -2.35. The molecule has 0 atom stereocenters. The number of aromatic nitrogens is 3. The molecule has 156 valence electrons. The van der Waals surface area contributed by atoms with Crippen molar-refractivity contribution in [2.75, 3.05) is 18.0 Å². The maximum atomic E-state index is 12.4. The van der Waals surface area contributed by atoms with Gasteiger partial charge in [-0.2, -0.15) is 4.99 Å². The molecule has 8 heteroatoms. The van der Waals surface area contributed by atoms with Gasteiger partial charge in [-0.1, -0.05) is 24.3 Å². The smallest absolute Gasteiger partial charge is 0.280 e. The molecule has 0 bridgehead atoms. The summed E-state index contributed by atoms with van der Waals surface area (Å²) < 4.78 is 2.36. The van der Waals surface area contributed by atoms with Gasteiger partial charge in [0.05, 0.1) is 5.52 Å². The number of rotatable bonds is 3. The number of benzene rings is 2. The minimum absolute atomic E-state index is 0.235. The fraction of sp³-hybridized carbons (Fsp3) is 0.217. The minimum atomic E-state index is -0.435. The zero-order valence-corrected chi connectivity index (χ0v) is 17.0. The largest absolute Gasteiger partial charge is 0.370 e. The summed E-state index contributed by atoms with van der Waals surface area (Å²) in [5, 5.41) is 2.29. The normalized spacial score (nSPS) is 14.8. The molecule has 2 aromatic heterocycles. The monoisotopic (exact) mass is 413 g/mol. The molecule has 0 unspecified atom stereocenters. The predicted octanol–water partition coefficient (Wildman–Crippen LogP) is 2.84. The highest BCUT2D eigenvalue weighted by atomic mass is 16.1. The molecule has 1 saturated heterocycles. The van der Waals surface area contributed by atoms with E-state index in [0.717, 1.165) is 42.8 Å². The van der Waals surface area contributed by atoms with E-state index in [0.29, 0.717) is 11.6 Å². The number of hydrogen-bond donors (Lipinski definition) is 2. The Balaban J connectivity index is 1.55. The fourth-order valence-corrected chi connectivity index (χ4v) is 4.49. The van der Waals surface area contributed by atoms with Gasteiger partial charge < -0.3 is 20.9 Å². The SMILES string of the molecule is NC(N)=NC(=O)c1ccc2c3ccccc3n(C3CCN(c4ncccn4)CC3)c2c1. The first-order valence-corrected chi connectivity index (χ1v) is 10.3. The summed E-state index contributed by atoms with van der Waals surface area (Å²) in [6.07, 6.45) is 5.46. The number of para-hydroxylation sites is 1. The van der Waals surface area contributed by atoms with Crippen molar-refractivity contribution in [3.05, 3.63) is 66.5 Å². The zero-order chi connectivity index (χ0) is 21.4. The summed E-state index contributed by atoms with van der Waals surface area (Å²) in [7, 11) is 0. The lowest BCUT2D eigenvalue weighted by molar-refractivity contribution is 0.100. The lowest BCUT2D eigenvalue weighted by atomic mass is 10.0. The van der Waals surface area contributed by atoms with Gasteiger partial charge in [0.15, 0.2) is 5.96 Å². The van der Waals surface area contributed by atoms with E-state index in [1.165, 1.54) is 10.9 Å². The Morgan fingerprint density at radius 2 is 1.65 bits per heavy atom. The Morgan fingerprint density at radius 3 is 2.39 bits per heavy atom. The molecule has 1 aliphatic rings. The van der Waals surface area contributed by atoms with Crippen LogP contribution in [0.2, 0.25) is 0 Å². The molecule has 4 aromatic rings. The highest BCUT2D eigenvalue weighted by molar-refractivity contribution is 6.11. The van der Waals surface area contributed by atoms with Crippen molar-refractivity contribution in [1.82, 2.24) is 14.5 Å². The van der Waals surface area contributed by atoms with Gasteiger partial charge >= 0.3 is 0 Å². The first-order valence-electron chi connectivity index (χ1n) is 10.3. The van der Waals surface area contributed by atoms with Crippen LogP contribution in [-0.4, -0.2) is 39.5 Å². The molecule has 0 aliphatic carbocycles. The van der Waals surface area contributed by atoms with Gasteiger partial charge in [-0.15, -0.1) is 0 Å². The number of piperidine rings is 1. The van der Waals surface area contributed by atoms with E-state index in [1.54, 1.807) is 18.5 Å². The van der Waals surface area contributed by atoms with Crippen LogP contribution in [0.25, 0.3) is 21.8 Å². The van der Waals surface area contributed by atoms with Crippen LogP contribution >= 0.6 is 0 Å². The second-order valence-electron chi connectivity index (χ2n) is 7.73. The summed E-state index contributed by atoms with van der Waals surface area (Å²) in [6, 6.07) is 16.1. The molecule has 0 saturated carbocycles. The number of carbonyl (C=O) groups excluding carboxylic acids is 1. The summed E-state index contributed by atoms with van der Waals surface area (Å²) in [5.74, 6) is 0.101. The highest BCUT2D eigenvalue weighted by Gasteiger charge is 2.25. The molecule has 8 nitrogen and oxygen atoms in total. The van der Waals surface area contributed by atoms with Crippen molar-refractivity contribution in [3.8, 4) is 0 Å². The molecule has 1 fully saturated rings. The standard InChI is InChI=1S/C23H23N7O/c24-22(25)28-21(31)15-6-7-18-17-4-1-2-5-19(17)30(20(18)14-15)16-8-12-29(13-9-16)23-26-10-3-11-27-23/h1-7,10-11,14,16H,8-9,12-13H2,(H4,24,25,28,31). The average Bonchev–Trinajstić information content (AvgIpc) is 3.13. The topological polar surface area (TPSA) is 115 Å². The summed E-state index contributed by atoms with van der Waals surface area (Å²) in [4.78, 5) is 27.1. The second kappa shape index (κ2) is 7.71. The first kappa shape index (κ1) is 19.0. The van der Waals surface area contributed by atoms with Gasteiger partial charge in [0.1, 0.15) is 0 Å². The second-order valence-corrected chi connectivity index (χ2v) is 7.73. The predicted molar refractivity (Wildman–Crippen MR) is 122 cm³/mol. The number of nitrogens with zero attached hydrogens (tertiary/aromatic N) is 5. The molecule has 0 radical (unpaired) electrons. The summed E-state index contributed by atoms with van der Waals surface area (Å²) >= 11 is 0. The number of aliphatic imine (C=N–C) groups is 1. The van der Waals surface area contributed by atoms with E-state index < -0.39 is 5.91 Å². The molecule has 4 N–H and O–H groups in total. The van der Waals surface area contributed by atoms with Crippen molar-refractivity contribution in [2.24, 2.45) is 16.5 Å². The molecule has 2 aromatic carbocycles. The zero-order valence-electron chi connectivity index (χ0n) is 17.0. The summed E-state index contributed by atoms with van der Waals surface area (Å²) in [6.45, 7) is 1.74. The number of guanidine groups is 1. The van der Waals surface area contributed by atoms with Gasteiger partial charge in [-0.05, 0) is 37.1 Å². The van der Waals surface area contributed by atoms with Crippen molar-refractivity contribution in [1.29, 1.82) is 0 Å². The molecule has 0 spiro atoms. The Labute approximate surface area is 179 Å². The molecule has 1 amide bonds. The van der Waals surface area contributed by atoms with Crippen LogP contribution < -0.4 is 16.4 Å². The minimum Gasteiger partial charge on any atom is -0.370 e. The highest BCUT2D eigenvalue weighted by Crippen LogP contribution is 2.36. The van der Waals surface area contributed by atoms with E-state index in [1.807, 2.05) is 24.3 Å². The van der Waals surface area contributed by atoms with Crippen LogP contribution in [0.4, 0.5) is 5.95 Å². The van der Waals surface area contributed by atoms with Crippen molar-refractivity contribution < 1.29 is 4.79 Å². The Kier molecular flexibility index (Phi) is 4.74. The Hall–Kier alpha value is -3.94.